The van der Waals surface area contributed by atoms with Gasteiger partial charge in [-0.15, -0.1) is 0 Å². The second-order valence-corrected chi connectivity index (χ2v) is 5.00. The van der Waals surface area contributed by atoms with Crippen molar-refractivity contribution in [1.29, 1.82) is 0 Å². The van der Waals surface area contributed by atoms with Crippen molar-refractivity contribution in [3.8, 4) is 0 Å². The number of piperidine rings is 1. The van der Waals surface area contributed by atoms with E-state index < -0.39 is 5.76 Å². The highest BCUT2D eigenvalue weighted by atomic mass is 16.4. The summed E-state index contributed by atoms with van der Waals surface area (Å²) < 4.78 is 6.49. The lowest BCUT2D eigenvalue weighted by Gasteiger charge is -2.21. The molecule has 1 saturated heterocycles. The summed E-state index contributed by atoms with van der Waals surface area (Å²) in [6.45, 7) is 1.78. The maximum Gasteiger partial charge on any atom is 0.419 e. The van der Waals surface area contributed by atoms with Crippen molar-refractivity contribution in [1.82, 2.24) is 9.88 Å². The molecule has 1 aromatic heterocycles. The summed E-state index contributed by atoms with van der Waals surface area (Å²) >= 11 is 0. The van der Waals surface area contributed by atoms with Crippen molar-refractivity contribution in [2.45, 2.75) is 12.8 Å². The molecular weight excluding hydrogens is 244 g/mol. The third kappa shape index (κ3) is 2.10. The van der Waals surface area contributed by atoms with Gasteiger partial charge in [0.25, 0.3) is 0 Å². The number of carbonyl (C=O) groups is 1. The molecule has 1 aromatic carbocycles. The molecule has 0 radical (unpaired) electrons. The van der Waals surface area contributed by atoms with Gasteiger partial charge in [-0.05, 0) is 44.1 Å². The van der Waals surface area contributed by atoms with E-state index in [2.05, 4.69) is 5.32 Å². The zero-order valence-electron chi connectivity index (χ0n) is 10.8. The van der Waals surface area contributed by atoms with Crippen LogP contribution >= 0.6 is 0 Å². The number of aryl methyl sites for hydroxylation is 1. The van der Waals surface area contributed by atoms with Crippen molar-refractivity contribution >= 4 is 16.9 Å². The van der Waals surface area contributed by atoms with Gasteiger partial charge in [0.1, 0.15) is 0 Å². The Labute approximate surface area is 110 Å². The number of carbonyl (C=O) groups excluding carboxylic acids is 1. The van der Waals surface area contributed by atoms with E-state index in [0.29, 0.717) is 16.7 Å². The number of aromatic nitrogens is 1. The Balaban J connectivity index is 1.98. The number of nitrogens with one attached hydrogen (secondary N) is 1. The SMILES string of the molecule is Cn1c(=O)oc2ccc(C(=O)C3CCNCC3)cc21. The first-order valence-electron chi connectivity index (χ1n) is 6.51. The van der Waals surface area contributed by atoms with Crippen LogP contribution in [-0.4, -0.2) is 23.4 Å². The first-order chi connectivity index (χ1) is 9.16. The highest BCUT2D eigenvalue weighted by Crippen LogP contribution is 2.21. The molecule has 0 amide bonds. The van der Waals surface area contributed by atoms with Crippen LogP contribution in [0.5, 0.6) is 0 Å². The predicted molar refractivity (Wildman–Crippen MR) is 71.4 cm³/mol. The topological polar surface area (TPSA) is 64.2 Å². The van der Waals surface area contributed by atoms with Gasteiger partial charge in [-0.1, -0.05) is 0 Å². The molecular formula is C14H16N2O3. The summed E-state index contributed by atoms with van der Waals surface area (Å²) in [4.78, 5) is 23.8. The van der Waals surface area contributed by atoms with Gasteiger partial charge in [0.15, 0.2) is 11.4 Å². The van der Waals surface area contributed by atoms with E-state index in [1.54, 1.807) is 25.2 Å². The number of Topliss-reactive ketones (excluding diaryl/α,β-unsaturated/α-hetero) is 1. The molecule has 2 heterocycles. The molecule has 0 unspecified atom stereocenters. The Hall–Kier alpha value is -1.88. The molecule has 0 bridgehead atoms. The summed E-state index contributed by atoms with van der Waals surface area (Å²) in [5.74, 6) is -0.152. The number of rotatable bonds is 2. The fourth-order valence-electron chi connectivity index (χ4n) is 2.60. The van der Waals surface area contributed by atoms with Gasteiger partial charge in [-0.3, -0.25) is 9.36 Å². The lowest BCUT2D eigenvalue weighted by molar-refractivity contribution is 0.0895. The minimum atomic E-state index is -0.401. The van der Waals surface area contributed by atoms with Gasteiger partial charge in [0.05, 0.1) is 5.52 Å². The molecule has 0 atom stereocenters. The van der Waals surface area contributed by atoms with Gasteiger partial charge in [0, 0.05) is 18.5 Å². The molecule has 1 N–H and O–H groups in total. The fraction of sp³-hybridized carbons (Fsp3) is 0.429. The average Bonchev–Trinajstić information content (AvgIpc) is 2.74. The first kappa shape index (κ1) is 12.2. The van der Waals surface area contributed by atoms with E-state index >= 15 is 0 Å². The fourth-order valence-corrected chi connectivity index (χ4v) is 2.60. The van der Waals surface area contributed by atoms with E-state index in [1.807, 2.05) is 0 Å². The lowest BCUT2D eigenvalue weighted by atomic mass is 9.89. The summed E-state index contributed by atoms with van der Waals surface area (Å²) in [6, 6.07) is 5.20. The van der Waals surface area contributed by atoms with Gasteiger partial charge in [0.2, 0.25) is 0 Å². The number of ketones is 1. The van der Waals surface area contributed by atoms with Crippen LogP contribution in [0.15, 0.2) is 27.4 Å². The van der Waals surface area contributed by atoms with Gasteiger partial charge in [-0.25, -0.2) is 4.79 Å². The molecule has 3 rings (SSSR count). The first-order valence-corrected chi connectivity index (χ1v) is 6.51. The maximum atomic E-state index is 12.4. The average molecular weight is 260 g/mol. The predicted octanol–water partition coefficient (Wildman–Crippen LogP) is 1.31. The number of oxazole rings is 1. The van der Waals surface area contributed by atoms with Crippen molar-refractivity contribution in [3.63, 3.8) is 0 Å². The molecule has 5 heteroatoms. The minimum absolute atomic E-state index is 0.0858. The van der Waals surface area contributed by atoms with E-state index in [4.69, 9.17) is 4.42 Å². The van der Waals surface area contributed by atoms with Crippen molar-refractivity contribution in [2.24, 2.45) is 13.0 Å². The standard InChI is InChI=1S/C14H16N2O3/c1-16-11-8-10(2-3-12(11)19-14(16)18)13(17)9-4-6-15-7-5-9/h2-3,8-9,15H,4-7H2,1H3. The lowest BCUT2D eigenvalue weighted by Crippen LogP contribution is -2.31. The normalized spacial score (nSPS) is 16.9. The number of hydrogen-bond donors (Lipinski definition) is 1. The van der Waals surface area contributed by atoms with Crippen LogP contribution in [0, 0.1) is 5.92 Å². The third-order valence-electron chi connectivity index (χ3n) is 3.79. The zero-order valence-corrected chi connectivity index (χ0v) is 10.8. The van der Waals surface area contributed by atoms with Crippen molar-refractivity contribution < 1.29 is 9.21 Å². The molecule has 0 aliphatic carbocycles. The zero-order chi connectivity index (χ0) is 13.4. The number of hydrogen-bond acceptors (Lipinski definition) is 4. The van der Waals surface area contributed by atoms with E-state index in [9.17, 15) is 9.59 Å². The smallest absolute Gasteiger partial charge is 0.408 e. The minimum Gasteiger partial charge on any atom is -0.408 e. The van der Waals surface area contributed by atoms with Gasteiger partial charge >= 0.3 is 5.76 Å². The largest absolute Gasteiger partial charge is 0.419 e. The second kappa shape index (κ2) is 4.66. The van der Waals surface area contributed by atoms with Crippen LogP contribution in [0.3, 0.4) is 0 Å². The summed E-state index contributed by atoms with van der Waals surface area (Å²) in [5, 5.41) is 3.25. The Morgan fingerprint density at radius 1 is 1.37 bits per heavy atom. The van der Waals surface area contributed by atoms with Gasteiger partial charge in [-0.2, -0.15) is 0 Å². The van der Waals surface area contributed by atoms with E-state index in [-0.39, 0.29) is 11.7 Å². The molecule has 0 spiro atoms. The molecule has 19 heavy (non-hydrogen) atoms. The molecule has 1 fully saturated rings. The summed E-state index contributed by atoms with van der Waals surface area (Å²) in [6.07, 6.45) is 1.75. The summed E-state index contributed by atoms with van der Waals surface area (Å²) in [7, 11) is 1.65. The van der Waals surface area contributed by atoms with Crippen LogP contribution in [0.25, 0.3) is 11.1 Å². The molecule has 100 valence electrons. The third-order valence-corrected chi connectivity index (χ3v) is 3.79. The van der Waals surface area contributed by atoms with Crippen LogP contribution in [-0.2, 0) is 7.05 Å². The van der Waals surface area contributed by atoms with E-state index in [0.717, 1.165) is 25.9 Å². The Morgan fingerprint density at radius 3 is 2.84 bits per heavy atom. The Bertz CT molecular complexity index is 678. The molecule has 1 aliphatic rings. The van der Waals surface area contributed by atoms with Crippen LogP contribution in [0.1, 0.15) is 23.2 Å². The van der Waals surface area contributed by atoms with Crippen LogP contribution in [0.2, 0.25) is 0 Å². The van der Waals surface area contributed by atoms with E-state index in [1.165, 1.54) is 4.57 Å². The van der Waals surface area contributed by atoms with Crippen molar-refractivity contribution in [2.75, 3.05) is 13.1 Å². The Morgan fingerprint density at radius 2 is 2.11 bits per heavy atom. The number of fused-ring (bicyclic) bond motifs is 1. The second-order valence-electron chi connectivity index (χ2n) is 5.00. The monoisotopic (exact) mass is 260 g/mol. The quantitative estimate of drug-likeness (QED) is 0.827. The molecule has 2 aromatic rings. The van der Waals surface area contributed by atoms with Crippen LogP contribution < -0.4 is 11.1 Å². The molecule has 5 nitrogen and oxygen atoms in total. The van der Waals surface area contributed by atoms with Gasteiger partial charge < -0.3 is 9.73 Å². The van der Waals surface area contributed by atoms with Crippen LogP contribution in [0.4, 0.5) is 0 Å². The number of benzene rings is 1. The van der Waals surface area contributed by atoms with Crippen molar-refractivity contribution in [3.05, 3.63) is 34.3 Å². The highest BCUT2D eigenvalue weighted by molar-refractivity contribution is 6.00. The Kier molecular flexibility index (Phi) is 2.98. The molecule has 0 saturated carbocycles. The molecule has 1 aliphatic heterocycles. The maximum absolute atomic E-state index is 12.4. The highest BCUT2D eigenvalue weighted by Gasteiger charge is 2.22. The summed E-state index contributed by atoms with van der Waals surface area (Å²) in [5.41, 5.74) is 1.86. The number of nitrogens with zero attached hydrogens (tertiary/aromatic N) is 1.